The lowest BCUT2D eigenvalue weighted by molar-refractivity contribution is -0.152. The first-order chi connectivity index (χ1) is 14.4. The Morgan fingerprint density at radius 3 is 2.23 bits per heavy atom. The van der Waals surface area contributed by atoms with Crippen LogP contribution >= 0.6 is 0 Å². The van der Waals surface area contributed by atoms with Crippen molar-refractivity contribution in [2.45, 2.75) is 17.7 Å². The fourth-order valence-electron chi connectivity index (χ4n) is 3.58. The van der Waals surface area contributed by atoms with Crippen LogP contribution in [0.4, 0.5) is 0 Å². The Bertz CT molecular complexity index is 1060. The Morgan fingerprint density at radius 2 is 1.67 bits per heavy atom. The van der Waals surface area contributed by atoms with Gasteiger partial charge in [-0.05, 0) is 37.1 Å². The van der Waals surface area contributed by atoms with Crippen LogP contribution in [0.3, 0.4) is 0 Å². The summed E-state index contributed by atoms with van der Waals surface area (Å²) in [5.41, 5.74) is 0.569. The van der Waals surface area contributed by atoms with Gasteiger partial charge in [0.1, 0.15) is 4.90 Å². The number of benzene rings is 1. The van der Waals surface area contributed by atoms with Gasteiger partial charge in [0.25, 0.3) is 11.8 Å². The lowest BCUT2D eigenvalue weighted by Crippen LogP contribution is -2.41. The van der Waals surface area contributed by atoms with Gasteiger partial charge < -0.3 is 4.74 Å². The number of pyridine rings is 1. The summed E-state index contributed by atoms with van der Waals surface area (Å²) in [5.74, 6) is -2.05. The molecule has 1 fully saturated rings. The lowest BCUT2D eigenvalue weighted by atomic mass is 9.98. The summed E-state index contributed by atoms with van der Waals surface area (Å²) >= 11 is 0. The third kappa shape index (κ3) is 3.59. The fourth-order valence-corrected chi connectivity index (χ4v) is 5.02. The van der Waals surface area contributed by atoms with Crippen molar-refractivity contribution in [3.63, 3.8) is 0 Å². The van der Waals surface area contributed by atoms with Crippen molar-refractivity contribution in [3.8, 4) is 0 Å². The first kappa shape index (κ1) is 20.2. The zero-order valence-electron chi connectivity index (χ0n) is 15.9. The molecule has 0 spiro atoms. The molecule has 156 valence electrons. The summed E-state index contributed by atoms with van der Waals surface area (Å²) < 4.78 is 31.8. The van der Waals surface area contributed by atoms with Gasteiger partial charge in [0.05, 0.1) is 17.0 Å². The van der Waals surface area contributed by atoms with Crippen molar-refractivity contribution in [1.82, 2.24) is 14.2 Å². The first-order valence-electron chi connectivity index (χ1n) is 9.41. The van der Waals surface area contributed by atoms with E-state index in [9.17, 15) is 22.8 Å². The number of esters is 1. The molecule has 9 nitrogen and oxygen atoms in total. The van der Waals surface area contributed by atoms with Crippen LogP contribution < -0.4 is 0 Å². The quantitative estimate of drug-likeness (QED) is 0.519. The molecule has 0 aliphatic carbocycles. The van der Waals surface area contributed by atoms with E-state index in [0.29, 0.717) is 12.8 Å². The molecule has 1 aromatic heterocycles. The number of amides is 2. The number of hydrogen-bond acceptors (Lipinski definition) is 7. The molecule has 10 heteroatoms. The predicted octanol–water partition coefficient (Wildman–Crippen LogP) is 1.28. The van der Waals surface area contributed by atoms with Gasteiger partial charge in [0, 0.05) is 25.5 Å². The molecule has 0 radical (unpaired) electrons. The van der Waals surface area contributed by atoms with Crippen LogP contribution in [0.25, 0.3) is 0 Å². The Balaban J connectivity index is 1.32. The van der Waals surface area contributed by atoms with Gasteiger partial charge in [-0.2, -0.15) is 4.31 Å². The molecule has 0 bridgehead atoms. The maximum Gasteiger partial charge on any atom is 0.310 e. The summed E-state index contributed by atoms with van der Waals surface area (Å²) in [6.45, 7) is -0.118. The molecule has 30 heavy (non-hydrogen) atoms. The van der Waals surface area contributed by atoms with Crippen LogP contribution in [0, 0.1) is 5.92 Å². The minimum atomic E-state index is -3.66. The van der Waals surface area contributed by atoms with E-state index >= 15 is 0 Å². The molecule has 2 aliphatic heterocycles. The van der Waals surface area contributed by atoms with E-state index in [1.165, 1.54) is 22.8 Å². The zero-order chi connectivity index (χ0) is 21.3. The highest BCUT2D eigenvalue weighted by Crippen LogP contribution is 2.25. The predicted molar refractivity (Wildman–Crippen MR) is 104 cm³/mol. The van der Waals surface area contributed by atoms with E-state index in [1.54, 1.807) is 30.3 Å². The standard InChI is InChI=1S/C20H19N3O6S/c24-18-16-5-1-2-6-17(16)19(25)23(18)13-29-20(26)14-7-10-22(11-8-14)30(27,28)15-4-3-9-21-12-15/h1-6,9,12,14H,7-8,10-11,13H2. The number of ether oxygens (including phenoxy) is 1. The number of piperidine rings is 1. The summed E-state index contributed by atoms with van der Waals surface area (Å²) in [4.78, 5) is 41.9. The number of hydrogen-bond donors (Lipinski definition) is 0. The SMILES string of the molecule is O=C(OCN1C(=O)c2ccccc2C1=O)C1CCN(S(=O)(=O)c2cccnc2)CC1. The van der Waals surface area contributed by atoms with E-state index in [0.717, 1.165) is 4.90 Å². The van der Waals surface area contributed by atoms with Crippen molar-refractivity contribution in [2.75, 3.05) is 19.8 Å². The van der Waals surface area contributed by atoms with E-state index < -0.39 is 40.5 Å². The highest BCUT2D eigenvalue weighted by Gasteiger charge is 2.37. The molecule has 2 amide bonds. The Hall–Kier alpha value is -3.11. The molecule has 2 aliphatic rings. The van der Waals surface area contributed by atoms with Crippen LogP contribution in [0.2, 0.25) is 0 Å². The normalized spacial score (nSPS) is 17.8. The van der Waals surface area contributed by atoms with Gasteiger partial charge in [-0.1, -0.05) is 12.1 Å². The molecule has 0 N–H and O–H groups in total. The molecule has 2 aromatic rings. The van der Waals surface area contributed by atoms with Crippen LogP contribution in [0.1, 0.15) is 33.6 Å². The molecule has 0 unspecified atom stereocenters. The molecule has 0 saturated carbocycles. The number of fused-ring (bicyclic) bond motifs is 1. The van der Waals surface area contributed by atoms with Gasteiger partial charge in [-0.3, -0.25) is 19.4 Å². The van der Waals surface area contributed by atoms with Gasteiger partial charge >= 0.3 is 5.97 Å². The summed E-state index contributed by atoms with van der Waals surface area (Å²) in [7, 11) is -3.66. The number of aromatic nitrogens is 1. The van der Waals surface area contributed by atoms with Gasteiger partial charge in [0.2, 0.25) is 10.0 Å². The number of carbonyl (C=O) groups excluding carboxylic acids is 3. The second-order valence-corrected chi connectivity index (χ2v) is 8.98. The highest BCUT2D eigenvalue weighted by molar-refractivity contribution is 7.89. The number of carbonyl (C=O) groups is 3. The van der Waals surface area contributed by atoms with Crippen LogP contribution in [0.15, 0.2) is 53.7 Å². The van der Waals surface area contributed by atoms with E-state index in [4.69, 9.17) is 4.74 Å². The number of nitrogens with zero attached hydrogens (tertiary/aromatic N) is 3. The van der Waals surface area contributed by atoms with E-state index in [1.807, 2.05) is 0 Å². The lowest BCUT2D eigenvalue weighted by Gasteiger charge is -2.30. The van der Waals surface area contributed by atoms with Crippen LogP contribution in [-0.4, -0.2) is 60.2 Å². The van der Waals surface area contributed by atoms with Gasteiger partial charge in [-0.25, -0.2) is 13.3 Å². The second-order valence-electron chi connectivity index (χ2n) is 7.04. The van der Waals surface area contributed by atoms with E-state index in [-0.39, 0.29) is 29.1 Å². The maximum atomic E-state index is 12.6. The zero-order valence-corrected chi connectivity index (χ0v) is 16.7. The number of imide groups is 1. The van der Waals surface area contributed by atoms with Gasteiger partial charge in [0.15, 0.2) is 6.73 Å². The van der Waals surface area contributed by atoms with Crippen molar-refractivity contribution in [3.05, 3.63) is 59.9 Å². The van der Waals surface area contributed by atoms with Crippen molar-refractivity contribution in [1.29, 1.82) is 0 Å². The summed E-state index contributed by atoms with van der Waals surface area (Å²) in [6.07, 6.45) is 3.37. The van der Waals surface area contributed by atoms with E-state index in [2.05, 4.69) is 4.98 Å². The van der Waals surface area contributed by atoms with Crippen molar-refractivity contribution < 1.29 is 27.5 Å². The van der Waals surface area contributed by atoms with Crippen LogP contribution in [0.5, 0.6) is 0 Å². The van der Waals surface area contributed by atoms with Crippen LogP contribution in [-0.2, 0) is 19.6 Å². The Morgan fingerprint density at radius 1 is 1.03 bits per heavy atom. The number of sulfonamides is 1. The summed E-state index contributed by atoms with van der Waals surface area (Å²) in [5, 5.41) is 0. The minimum absolute atomic E-state index is 0.108. The molecule has 0 atom stereocenters. The maximum absolute atomic E-state index is 12.6. The topological polar surface area (TPSA) is 114 Å². The third-order valence-electron chi connectivity index (χ3n) is 5.27. The van der Waals surface area contributed by atoms with Crippen molar-refractivity contribution in [2.24, 2.45) is 5.92 Å². The third-order valence-corrected chi connectivity index (χ3v) is 7.16. The second kappa shape index (κ2) is 7.96. The average Bonchev–Trinajstić information content (AvgIpc) is 3.03. The first-order valence-corrected chi connectivity index (χ1v) is 10.9. The molecule has 4 rings (SSSR count). The average molecular weight is 429 g/mol. The minimum Gasteiger partial charge on any atom is -0.443 e. The molecular weight excluding hydrogens is 410 g/mol. The monoisotopic (exact) mass is 429 g/mol. The molecule has 3 heterocycles. The smallest absolute Gasteiger partial charge is 0.310 e. The molecule has 1 saturated heterocycles. The highest BCUT2D eigenvalue weighted by atomic mass is 32.2. The van der Waals surface area contributed by atoms with Gasteiger partial charge in [-0.15, -0.1) is 0 Å². The summed E-state index contributed by atoms with van der Waals surface area (Å²) in [6, 6.07) is 9.45. The fraction of sp³-hybridized carbons (Fsp3) is 0.300. The molecule has 1 aromatic carbocycles. The Kier molecular flexibility index (Phi) is 5.35. The largest absolute Gasteiger partial charge is 0.443 e. The van der Waals surface area contributed by atoms with Crippen molar-refractivity contribution >= 4 is 27.8 Å². The Labute approximate surface area is 173 Å². The number of rotatable bonds is 5. The molecular formula is C20H19N3O6S.